The van der Waals surface area contributed by atoms with Crippen molar-refractivity contribution >= 4 is 56.9 Å². The minimum atomic E-state index is -1.22. The van der Waals surface area contributed by atoms with Crippen molar-refractivity contribution in [2.24, 2.45) is 22.4 Å². The van der Waals surface area contributed by atoms with E-state index in [0.29, 0.717) is 12.0 Å². The number of nitrogens with one attached hydrogen (secondary N) is 4. The number of amides is 4. The highest BCUT2D eigenvalue weighted by Gasteiger charge is 2.33. The Balaban J connectivity index is 1.78. The number of nitrogens with two attached hydrogens (primary N) is 2. The molecule has 13 nitrogen and oxygen atoms in total. The molecule has 0 radical (unpaired) electrons. The lowest BCUT2D eigenvalue weighted by Crippen LogP contribution is -2.56. The van der Waals surface area contributed by atoms with Crippen molar-refractivity contribution in [2.75, 3.05) is 6.54 Å². The Labute approximate surface area is 279 Å². The Morgan fingerprint density at radius 1 is 0.913 bits per heavy atom. The lowest BCUT2D eigenvalue weighted by atomic mass is 9.99. The quantitative estimate of drug-likeness (QED) is 0.0536. The fraction of sp³-hybridized carbons (Fsp3) is 0.355. The van der Waals surface area contributed by atoms with Crippen molar-refractivity contribution in [3.8, 4) is 5.75 Å². The molecule has 0 aliphatic carbocycles. The Bertz CT molecular complexity index is 1500. The van der Waals surface area contributed by atoms with Crippen molar-refractivity contribution < 1.29 is 24.3 Å². The molecule has 15 heteroatoms. The van der Waals surface area contributed by atoms with Gasteiger partial charge in [-0.15, -0.1) is 11.3 Å². The molecule has 0 aliphatic rings. The molecule has 46 heavy (non-hydrogen) atoms. The first-order chi connectivity index (χ1) is 21.8. The molecule has 0 saturated carbocycles. The zero-order valence-corrected chi connectivity index (χ0v) is 28.1. The molecule has 0 unspecified atom stereocenters. The van der Waals surface area contributed by atoms with Crippen LogP contribution in [0, 0.1) is 5.92 Å². The summed E-state index contributed by atoms with van der Waals surface area (Å²) in [4.78, 5) is 61.7. The number of aliphatic imine (C=N–C) groups is 1. The summed E-state index contributed by atoms with van der Waals surface area (Å²) in [7, 11) is 0. The van der Waals surface area contributed by atoms with Crippen molar-refractivity contribution in [1.82, 2.24) is 26.3 Å². The highest BCUT2D eigenvalue weighted by Crippen LogP contribution is 2.20. The minimum Gasteiger partial charge on any atom is -0.508 e. The normalized spacial score (nSPS) is 13.5. The van der Waals surface area contributed by atoms with E-state index < -0.39 is 41.9 Å². The molecule has 0 spiro atoms. The van der Waals surface area contributed by atoms with Gasteiger partial charge in [-0.2, -0.15) is 0 Å². The van der Waals surface area contributed by atoms with Crippen LogP contribution in [0.3, 0.4) is 0 Å². The van der Waals surface area contributed by atoms with Crippen molar-refractivity contribution in [2.45, 2.75) is 57.8 Å². The van der Waals surface area contributed by atoms with Gasteiger partial charge in [0.05, 0.1) is 12.1 Å². The summed E-state index contributed by atoms with van der Waals surface area (Å²) in [6, 6.07) is 8.98. The highest BCUT2D eigenvalue weighted by molar-refractivity contribution is 9.10. The zero-order chi connectivity index (χ0) is 33.8. The molecule has 0 saturated heterocycles. The largest absolute Gasteiger partial charge is 0.508 e. The van der Waals surface area contributed by atoms with Gasteiger partial charge in [0.2, 0.25) is 17.6 Å². The van der Waals surface area contributed by atoms with Crippen molar-refractivity contribution in [3.05, 3.63) is 80.7 Å². The predicted molar refractivity (Wildman–Crippen MR) is 180 cm³/mol. The van der Waals surface area contributed by atoms with Crippen LogP contribution in [-0.2, 0) is 9.59 Å². The first-order valence-corrected chi connectivity index (χ1v) is 16.2. The van der Waals surface area contributed by atoms with Crippen LogP contribution in [0.15, 0.2) is 69.6 Å². The van der Waals surface area contributed by atoms with Gasteiger partial charge in [0.1, 0.15) is 17.8 Å². The molecular formula is C31H39BrN8O5S. The minimum absolute atomic E-state index is 0.0218. The second-order valence-corrected chi connectivity index (χ2v) is 12.7. The van der Waals surface area contributed by atoms with Crippen molar-refractivity contribution in [1.29, 1.82) is 0 Å². The first kappa shape index (κ1) is 36.0. The van der Waals surface area contributed by atoms with Gasteiger partial charge in [-0.1, -0.05) is 54.0 Å². The number of nitrogens with zero attached hydrogens (tertiary/aromatic N) is 2. The maximum atomic E-state index is 13.7. The number of phenols is 1. The van der Waals surface area contributed by atoms with Gasteiger partial charge in [0, 0.05) is 22.6 Å². The maximum Gasteiger partial charge on any atom is 0.316 e. The smallest absolute Gasteiger partial charge is 0.316 e. The van der Waals surface area contributed by atoms with Crippen LogP contribution >= 0.6 is 27.3 Å². The molecule has 1 aromatic heterocycles. The molecule has 3 aromatic rings. The van der Waals surface area contributed by atoms with E-state index in [1.165, 1.54) is 30.5 Å². The number of aromatic nitrogens is 1. The summed E-state index contributed by atoms with van der Waals surface area (Å²) in [6.07, 6.45) is 2.13. The maximum absolute atomic E-state index is 13.7. The number of ketones is 1. The van der Waals surface area contributed by atoms with E-state index >= 15 is 0 Å². The number of urea groups is 1. The molecule has 0 bridgehead atoms. The Kier molecular flexibility index (Phi) is 13.5. The number of hydrogen-bond acceptors (Lipinski definition) is 8. The second-order valence-electron chi connectivity index (χ2n) is 10.9. The van der Waals surface area contributed by atoms with E-state index in [1.807, 2.05) is 24.3 Å². The third-order valence-electron chi connectivity index (χ3n) is 6.95. The molecule has 0 aliphatic heterocycles. The Hall–Kier alpha value is -4.50. The van der Waals surface area contributed by atoms with Gasteiger partial charge in [-0.3, -0.25) is 19.4 Å². The number of guanidine groups is 1. The summed E-state index contributed by atoms with van der Waals surface area (Å²) in [5.74, 6) is -2.12. The fourth-order valence-corrected chi connectivity index (χ4v) is 5.37. The molecule has 4 amide bonds. The van der Waals surface area contributed by atoms with Gasteiger partial charge in [-0.25, -0.2) is 9.78 Å². The van der Waals surface area contributed by atoms with Gasteiger partial charge in [0.15, 0.2) is 11.0 Å². The summed E-state index contributed by atoms with van der Waals surface area (Å²) in [5.41, 5.74) is 12.0. The third-order valence-corrected chi connectivity index (χ3v) is 8.27. The van der Waals surface area contributed by atoms with Crippen LogP contribution < -0.4 is 32.7 Å². The predicted octanol–water partition coefficient (Wildman–Crippen LogP) is 3.27. The van der Waals surface area contributed by atoms with Crippen LogP contribution in [0.5, 0.6) is 5.75 Å². The van der Waals surface area contributed by atoms with E-state index in [1.54, 1.807) is 26.2 Å². The molecule has 9 N–H and O–H groups in total. The SMILES string of the molecule is CC(C)[C@H](NC(=O)[C@@H](NC(=O)N[C@H](C)c1ccc(Br)cc1)c1ccc(O)cc1)C(=O)N[C@@H](CCCN=C(N)N)C(=O)c1nccs1. The number of carbonyl (C=O) groups excluding carboxylic acids is 4. The van der Waals surface area contributed by atoms with Crippen LogP contribution in [0.25, 0.3) is 0 Å². The lowest BCUT2D eigenvalue weighted by molar-refractivity contribution is -0.131. The molecule has 1 heterocycles. The standard InChI is InChI=1S/C31H39BrN8O5S/c1-17(2)24(27(43)38-23(5-4-14-36-30(33)34)26(42)29-35-15-16-46-29)39-28(44)25(20-8-12-22(41)13-9-20)40-31(45)37-18(3)19-6-10-21(32)11-7-19/h6-13,15-18,23-25,41H,4-5,14H2,1-3H3,(H,38,43)(H,39,44)(H4,33,34,36)(H2,37,40,45)/t18-,23+,24+,25+/m1/s1. The molecule has 4 atom stereocenters. The topological polar surface area (TPSA) is 214 Å². The number of hydrogen-bond donors (Lipinski definition) is 7. The average molecular weight is 716 g/mol. The van der Waals surface area contributed by atoms with Gasteiger partial charge in [-0.05, 0) is 61.1 Å². The molecular weight excluding hydrogens is 676 g/mol. The third kappa shape index (κ3) is 10.8. The average Bonchev–Trinajstić information content (AvgIpc) is 3.55. The molecule has 3 rings (SSSR count). The van der Waals surface area contributed by atoms with Crippen LogP contribution in [0.4, 0.5) is 4.79 Å². The molecule has 2 aromatic carbocycles. The Morgan fingerprint density at radius 2 is 1.57 bits per heavy atom. The number of phenolic OH excluding ortho intramolecular Hbond substituents is 1. The fourth-order valence-electron chi connectivity index (χ4n) is 4.47. The van der Waals surface area contributed by atoms with Crippen LogP contribution in [0.2, 0.25) is 0 Å². The van der Waals surface area contributed by atoms with E-state index in [2.05, 4.69) is 47.2 Å². The van der Waals surface area contributed by atoms with E-state index in [4.69, 9.17) is 11.5 Å². The van der Waals surface area contributed by atoms with E-state index in [0.717, 1.165) is 21.4 Å². The summed E-state index contributed by atoms with van der Waals surface area (Å²) in [6.45, 7) is 5.55. The van der Waals surface area contributed by atoms with Gasteiger partial charge in [0.25, 0.3) is 0 Å². The molecule has 246 valence electrons. The van der Waals surface area contributed by atoms with Crippen LogP contribution in [-0.4, -0.2) is 58.3 Å². The first-order valence-electron chi connectivity index (χ1n) is 14.6. The highest BCUT2D eigenvalue weighted by atomic mass is 79.9. The second kappa shape index (κ2) is 17.3. The number of halogens is 1. The summed E-state index contributed by atoms with van der Waals surface area (Å²) in [5, 5.41) is 22.7. The van der Waals surface area contributed by atoms with Gasteiger partial charge < -0.3 is 37.8 Å². The summed E-state index contributed by atoms with van der Waals surface area (Å²) < 4.78 is 0.894. The van der Waals surface area contributed by atoms with Gasteiger partial charge >= 0.3 is 6.03 Å². The van der Waals surface area contributed by atoms with E-state index in [-0.39, 0.29) is 41.5 Å². The number of carbonyl (C=O) groups is 4. The number of benzene rings is 2. The Morgan fingerprint density at radius 3 is 2.15 bits per heavy atom. The van der Waals surface area contributed by atoms with Crippen molar-refractivity contribution in [3.63, 3.8) is 0 Å². The van der Waals surface area contributed by atoms with E-state index in [9.17, 15) is 24.3 Å². The lowest BCUT2D eigenvalue weighted by Gasteiger charge is -2.27. The molecule has 0 fully saturated rings. The number of thiazole rings is 1. The summed E-state index contributed by atoms with van der Waals surface area (Å²) >= 11 is 4.54. The zero-order valence-electron chi connectivity index (χ0n) is 25.7. The van der Waals surface area contributed by atoms with Crippen LogP contribution in [0.1, 0.15) is 66.6 Å². The monoisotopic (exact) mass is 714 g/mol. The number of aromatic hydroxyl groups is 1. The number of rotatable bonds is 15. The number of Topliss-reactive ketones (excluding diaryl/α,β-unsaturated/α-hetero) is 1.